The summed E-state index contributed by atoms with van der Waals surface area (Å²) < 4.78 is 7.57. The Morgan fingerprint density at radius 3 is 2.55 bits per heavy atom. The first kappa shape index (κ1) is 19.8. The Morgan fingerprint density at radius 1 is 1.07 bits per heavy atom. The van der Waals surface area contributed by atoms with Crippen LogP contribution in [-0.4, -0.2) is 53.6 Å². The van der Waals surface area contributed by atoms with Crippen molar-refractivity contribution in [1.29, 1.82) is 0 Å². The van der Waals surface area contributed by atoms with Crippen molar-refractivity contribution in [1.82, 2.24) is 14.4 Å². The van der Waals surface area contributed by atoms with Crippen molar-refractivity contribution >= 4 is 28.4 Å². The van der Waals surface area contributed by atoms with Crippen molar-refractivity contribution in [3.05, 3.63) is 64.8 Å². The lowest BCUT2D eigenvalue weighted by molar-refractivity contribution is 0.0617. The normalized spacial score (nSPS) is 15.1. The van der Waals surface area contributed by atoms with Crippen molar-refractivity contribution in [3.8, 4) is 5.75 Å². The summed E-state index contributed by atoms with van der Waals surface area (Å²) >= 11 is 6.16. The molecule has 1 amide bonds. The maximum absolute atomic E-state index is 13.2. The van der Waals surface area contributed by atoms with E-state index in [1.165, 1.54) is 0 Å². The average Bonchev–Trinajstić information content (AvgIpc) is 3.12. The van der Waals surface area contributed by atoms with Crippen LogP contribution in [0.1, 0.15) is 23.0 Å². The van der Waals surface area contributed by atoms with Gasteiger partial charge in [-0.05, 0) is 37.3 Å². The first-order valence-electron chi connectivity index (χ1n) is 10.0. The number of carbonyl (C=O) groups excluding carboxylic acids is 1. The first-order chi connectivity index (χ1) is 14.1. The van der Waals surface area contributed by atoms with Crippen molar-refractivity contribution < 1.29 is 9.53 Å². The molecule has 4 rings (SSSR count). The highest BCUT2D eigenvalue weighted by atomic mass is 35.5. The number of carbonyl (C=O) groups is 1. The second-order valence-electron chi connectivity index (χ2n) is 7.36. The van der Waals surface area contributed by atoms with Gasteiger partial charge in [-0.15, -0.1) is 0 Å². The highest BCUT2D eigenvalue weighted by Gasteiger charge is 2.25. The second-order valence-corrected chi connectivity index (χ2v) is 7.79. The SMILES string of the molecule is CCn1c(C(=O)N2CCN(Cc3cc(Cl)ccc3OC)CC2)cc2ccccc21. The predicted molar refractivity (Wildman–Crippen MR) is 117 cm³/mol. The van der Waals surface area contributed by atoms with Crippen molar-refractivity contribution in [3.63, 3.8) is 0 Å². The zero-order chi connectivity index (χ0) is 20.4. The summed E-state index contributed by atoms with van der Waals surface area (Å²) in [7, 11) is 1.68. The molecular weight excluding hydrogens is 386 g/mol. The molecule has 3 aromatic rings. The molecule has 2 heterocycles. The molecule has 0 radical (unpaired) electrons. The van der Waals surface area contributed by atoms with Crippen LogP contribution >= 0.6 is 11.6 Å². The van der Waals surface area contributed by atoms with Gasteiger partial charge in [-0.1, -0.05) is 29.8 Å². The van der Waals surface area contributed by atoms with E-state index in [2.05, 4.69) is 28.5 Å². The maximum Gasteiger partial charge on any atom is 0.270 e. The number of hydrogen-bond donors (Lipinski definition) is 0. The zero-order valence-corrected chi connectivity index (χ0v) is 17.7. The molecule has 0 unspecified atom stereocenters. The van der Waals surface area contributed by atoms with E-state index in [4.69, 9.17) is 16.3 Å². The number of benzene rings is 2. The molecular formula is C23H26ClN3O2. The van der Waals surface area contributed by atoms with Crippen LogP contribution < -0.4 is 4.74 Å². The number of aromatic nitrogens is 1. The van der Waals surface area contributed by atoms with Crippen LogP contribution in [0.4, 0.5) is 0 Å². The highest BCUT2D eigenvalue weighted by Crippen LogP contribution is 2.25. The number of methoxy groups -OCH3 is 1. The summed E-state index contributed by atoms with van der Waals surface area (Å²) in [5, 5.41) is 1.83. The van der Waals surface area contributed by atoms with Gasteiger partial charge in [-0.3, -0.25) is 9.69 Å². The average molecular weight is 412 g/mol. The fraction of sp³-hybridized carbons (Fsp3) is 0.348. The molecule has 152 valence electrons. The fourth-order valence-corrected chi connectivity index (χ4v) is 4.31. The van der Waals surface area contributed by atoms with E-state index in [0.717, 1.165) is 54.1 Å². The Balaban J connectivity index is 1.45. The van der Waals surface area contributed by atoms with Gasteiger partial charge in [-0.2, -0.15) is 0 Å². The number of piperazine rings is 1. The topological polar surface area (TPSA) is 37.7 Å². The Hall–Kier alpha value is -2.50. The van der Waals surface area contributed by atoms with E-state index in [0.29, 0.717) is 18.1 Å². The minimum Gasteiger partial charge on any atom is -0.496 e. The molecule has 0 bridgehead atoms. The minimum atomic E-state index is 0.114. The van der Waals surface area contributed by atoms with E-state index < -0.39 is 0 Å². The van der Waals surface area contributed by atoms with Crippen LogP contribution in [-0.2, 0) is 13.1 Å². The van der Waals surface area contributed by atoms with Crippen molar-refractivity contribution in [2.75, 3.05) is 33.3 Å². The molecule has 0 saturated carbocycles. The minimum absolute atomic E-state index is 0.114. The molecule has 6 heteroatoms. The number of amides is 1. The molecule has 1 aromatic heterocycles. The van der Waals surface area contributed by atoms with Gasteiger partial charge < -0.3 is 14.2 Å². The van der Waals surface area contributed by atoms with Crippen LogP contribution in [0.25, 0.3) is 10.9 Å². The van der Waals surface area contributed by atoms with Gasteiger partial charge in [0.25, 0.3) is 5.91 Å². The molecule has 1 fully saturated rings. The van der Waals surface area contributed by atoms with Gasteiger partial charge in [0, 0.05) is 60.8 Å². The number of ether oxygens (including phenoxy) is 1. The van der Waals surface area contributed by atoms with E-state index >= 15 is 0 Å². The zero-order valence-electron chi connectivity index (χ0n) is 16.9. The molecule has 1 saturated heterocycles. The van der Waals surface area contributed by atoms with Crippen LogP contribution in [0.2, 0.25) is 5.02 Å². The summed E-state index contributed by atoms with van der Waals surface area (Å²) in [5.74, 6) is 0.961. The number of halogens is 1. The largest absolute Gasteiger partial charge is 0.496 e. The lowest BCUT2D eigenvalue weighted by Gasteiger charge is -2.35. The third-order valence-electron chi connectivity index (χ3n) is 5.64. The molecule has 1 aliphatic rings. The van der Waals surface area contributed by atoms with Crippen LogP contribution in [0.3, 0.4) is 0 Å². The third kappa shape index (κ3) is 3.98. The van der Waals surface area contributed by atoms with Crippen molar-refractivity contribution in [2.24, 2.45) is 0 Å². The van der Waals surface area contributed by atoms with E-state index in [1.54, 1.807) is 7.11 Å². The quantitative estimate of drug-likeness (QED) is 0.628. The number of para-hydroxylation sites is 1. The Bertz CT molecular complexity index is 1020. The van der Waals surface area contributed by atoms with Gasteiger partial charge in [0.15, 0.2) is 0 Å². The van der Waals surface area contributed by atoms with Gasteiger partial charge in [0.1, 0.15) is 11.4 Å². The second kappa shape index (κ2) is 8.47. The molecule has 2 aromatic carbocycles. The Morgan fingerprint density at radius 2 is 1.83 bits per heavy atom. The highest BCUT2D eigenvalue weighted by molar-refractivity contribution is 6.30. The Kier molecular flexibility index (Phi) is 5.79. The molecule has 0 spiro atoms. The molecule has 5 nitrogen and oxygen atoms in total. The molecule has 0 aliphatic carbocycles. The number of nitrogens with zero attached hydrogens (tertiary/aromatic N) is 3. The van der Waals surface area contributed by atoms with Crippen LogP contribution in [0.5, 0.6) is 5.75 Å². The lowest BCUT2D eigenvalue weighted by atomic mass is 10.1. The van der Waals surface area contributed by atoms with E-state index in [1.807, 2.05) is 41.3 Å². The summed E-state index contributed by atoms with van der Waals surface area (Å²) in [6, 6.07) is 15.9. The summed E-state index contributed by atoms with van der Waals surface area (Å²) in [6.07, 6.45) is 0. The third-order valence-corrected chi connectivity index (χ3v) is 5.88. The van der Waals surface area contributed by atoms with Gasteiger partial charge in [0.2, 0.25) is 0 Å². The predicted octanol–water partition coefficient (Wildman–Crippen LogP) is 4.28. The van der Waals surface area contributed by atoms with Crippen LogP contribution in [0, 0.1) is 0 Å². The molecule has 0 N–H and O–H groups in total. The lowest BCUT2D eigenvalue weighted by Crippen LogP contribution is -2.48. The number of rotatable bonds is 5. The number of fused-ring (bicyclic) bond motifs is 1. The van der Waals surface area contributed by atoms with E-state index in [-0.39, 0.29) is 5.91 Å². The number of aryl methyl sites for hydroxylation is 1. The number of hydrogen-bond acceptors (Lipinski definition) is 3. The molecule has 0 atom stereocenters. The summed E-state index contributed by atoms with van der Waals surface area (Å²) in [5.41, 5.74) is 2.97. The standard InChI is InChI=1S/C23H26ClN3O2/c1-3-27-20-7-5-4-6-17(20)15-21(27)23(28)26-12-10-25(11-13-26)16-18-14-19(24)8-9-22(18)29-2/h4-9,14-15H,3,10-13,16H2,1-2H3. The molecule has 29 heavy (non-hydrogen) atoms. The first-order valence-corrected chi connectivity index (χ1v) is 10.4. The van der Waals surface area contributed by atoms with Gasteiger partial charge in [0.05, 0.1) is 7.11 Å². The van der Waals surface area contributed by atoms with Crippen molar-refractivity contribution in [2.45, 2.75) is 20.0 Å². The van der Waals surface area contributed by atoms with Crippen LogP contribution in [0.15, 0.2) is 48.5 Å². The summed E-state index contributed by atoms with van der Waals surface area (Å²) in [4.78, 5) is 17.5. The summed E-state index contributed by atoms with van der Waals surface area (Å²) in [6.45, 7) is 6.71. The Labute approximate surface area is 176 Å². The fourth-order valence-electron chi connectivity index (χ4n) is 4.11. The molecule has 1 aliphatic heterocycles. The van der Waals surface area contributed by atoms with Gasteiger partial charge >= 0.3 is 0 Å². The monoisotopic (exact) mass is 411 g/mol. The van der Waals surface area contributed by atoms with Gasteiger partial charge in [-0.25, -0.2) is 0 Å². The van der Waals surface area contributed by atoms with E-state index in [9.17, 15) is 4.79 Å². The smallest absolute Gasteiger partial charge is 0.270 e. The maximum atomic E-state index is 13.2.